The van der Waals surface area contributed by atoms with E-state index in [9.17, 15) is 0 Å². The quantitative estimate of drug-likeness (QED) is 0.190. The molecule has 0 amide bonds. The Hall–Kier alpha value is -5.22. The van der Waals surface area contributed by atoms with E-state index in [0.29, 0.717) is 11.4 Å². The third-order valence-electron chi connectivity index (χ3n) is 9.91. The molecule has 0 atom stereocenters. The molecular weight excluding hydrogens is 613 g/mol. The fourth-order valence-corrected chi connectivity index (χ4v) is 6.95. The maximum atomic E-state index is 7.01. The van der Waals surface area contributed by atoms with Gasteiger partial charge >= 0.3 is 0 Å². The van der Waals surface area contributed by atoms with Crippen molar-refractivity contribution in [1.29, 1.82) is 0 Å². The van der Waals surface area contributed by atoms with Crippen LogP contribution < -0.4 is 0 Å². The van der Waals surface area contributed by atoms with Crippen LogP contribution in [0.5, 0.6) is 0 Å². The van der Waals surface area contributed by atoms with Gasteiger partial charge in [-0.05, 0) is 69.3 Å². The van der Waals surface area contributed by atoms with Crippen LogP contribution >= 0.6 is 0 Å². The summed E-state index contributed by atoms with van der Waals surface area (Å²) in [6.45, 7) is 20.5. The van der Waals surface area contributed by atoms with Crippen LogP contribution in [0.1, 0.15) is 79.0 Å². The van der Waals surface area contributed by atoms with Gasteiger partial charge in [-0.15, -0.1) is 0 Å². The van der Waals surface area contributed by atoms with E-state index in [4.69, 9.17) is 18.8 Å². The van der Waals surface area contributed by atoms with Gasteiger partial charge in [0.05, 0.1) is 0 Å². The molecule has 5 aromatic carbocycles. The first kappa shape index (κ1) is 32.0. The summed E-state index contributed by atoms with van der Waals surface area (Å²) in [5, 5.41) is 3.30. The zero-order chi connectivity index (χ0) is 35.2. The van der Waals surface area contributed by atoms with E-state index in [1.54, 1.807) is 0 Å². The molecule has 8 rings (SSSR count). The molecule has 0 N–H and O–H groups in total. The molecule has 250 valence electrons. The third kappa shape index (κ3) is 5.38. The maximum absolute atomic E-state index is 7.01. The molecule has 50 heavy (non-hydrogen) atoms. The lowest BCUT2D eigenvalue weighted by Crippen LogP contribution is -2.16. The number of aromatic nitrogens is 2. The van der Waals surface area contributed by atoms with Gasteiger partial charge in [-0.2, -0.15) is 0 Å². The van der Waals surface area contributed by atoms with Crippen LogP contribution in [0.4, 0.5) is 0 Å². The summed E-state index contributed by atoms with van der Waals surface area (Å²) in [5.41, 5.74) is 12.7. The molecule has 0 radical (unpaired) electrons. The first-order valence-electron chi connectivity index (χ1n) is 17.6. The van der Waals surface area contributed by atoms with E-state index in [1.807, 2.05) is 36.4 Å². The van der Waals surface area contributed by atoms with Crippen molar-refractivity contribution in [3.8, 4) is 33.8 Å². The zero-order valence-electron chi connectivity index (χ0n) is 30.5. The van der Waals surface area contributed by atoms with Crippen molar-refractivity contribution < 1.29 is 8.83 Å². The van der Waals surface area contributed by atoms with Crippen molar-refractivity contribution in [2.75, 3.05) is 0 Å². The molecule has 0 saturated heterocycles. The smallest absolute Gasteiger partial charge is 0.180 e. The van der Waals surface area contributed by atoms with Crippen molar-refractivity contribution in [1.82, 2.24) is 9.97 Å². The second-order valence-electron chi connectivity index (χ2n) is 16.8. The minimum absolute atomic E-state index is 0.00337. The molecule has 4 heteroatoms. The lowest BCUT2D eigenvalue weighted by Gasteiger charge is -2.25. The summed E-state index contributed by atoms with van der Waals surface area (Å²) >= 11 is 0. The largest absolute Gasteiger partial charge is 0.455 e. The highest BCUT2D eigenvalue weighted by molar-refractivity contribution is 6.11. The molecule has 3 aromatic heterocycles. The first-order valence-corrected chi connectivity index (χ1v) is 17.6. The van der Waals surface area contributed by atoms with Crippen LogP contribution in [-0.4, -0.2) is 9.97 Å². The maximum Gasteiger partial charge on any atom is 0.180 e. The van der Waals surface area contributed by atoms with Crippen molar-refractivity contribution in [3.63, 3.8) is 0 Å². The number of para-hydroxylation sites is 1. The second-order valence-corrected chi connectivity index (χ2v) is 16.8. The Balaban J connectivity index is 1.39. The number of hydrogen-bond acceptors (Lipinski definition) is 4. The van der Waals surface area contributed by atoms with Gasteiger partial charge in [0, 0.05) is 38.4 Å². The number of rotatable bonds is 3. The molecule has 8 aromatic rings. The highest BCUT2D eigenvalue weighted by Gasteiger charge is 2.28. The van der Waals surface area contributed by atoms with E-state index in [2.05, 4.69) is 129 Å². The highest BCUT2D eigenvalue weighted by Crippen LogP contribution is 2.45. The third-order valence-corrected chi connectivity index (χ3v) is 9.91. The summed E-state index contributed by atoms with van der Waals surface area (Å²) in [6, 6.07) is 36.2. The summed E-state index contributed by atoms with van der Waals surface area (Å²) in [5.74, 6) is 0.655. The number of hydrogen-bond donors (Lipinski definition) is 0. The van der Waals surface area contributed by atoms with Crippen LogP contribution in [0.3, 0.4) is 0 Å². The standard InChI is InChI=1S/C46H44N2O2/c1-44(2,3)30-23-33(40-34(24-30)35-25-31(45(4,5)6)26-36(41(35)50-40)46(7,8)9)28-18-15-19-29(22-28)43-47-38(27-16-11-10-12-17-27)42-39(48-43)32-20-13-14-21-37(32)49-42/h10-26H,1-9H3. The fraction of sp³-hybridized carbons (Fsp3) is 0.261. The SMILES string of the molecule is CC(C)(C)c1cc(-c2cccc(-c3nc(-c4ccccc4)c4oc5ccccc5c4n3)c2)c2oc3c(C(C)(C)C)cc(C(C)(C)C)cc3c2c1. The minimum atomic E-state index is -0.0932. The molecule has 0 aliphatic rings. The lowest BCUT2D eigenvalue weighted by molar-refractivity contribution is 0.559. The van der Waals surface area contributed by atoms with Crippen LogP contribution in [0.2, 0.25) is 0 Å². The van der Waals surface area contributed by atoms with Gasteiger partial charge in [0.15, 0.2) is 11.4 Å². The lowest BCUT2D eigenvalue weighted by atomic mass is 9.79. The monoisotopic (exact) mass is 656 g/mol. The predicted molar refractivity (Wildman–Crippen MR) is 209 cm³/mol. The number of fused-ring (bicyclic) bond motifs is 6. The van der Waals surface area contributed by atoms with Crippen molar-refractivity contribution >= 4 is 44.0 Å². The van der Waals surface area contributed by atoms with E-state index in [1.165, 1.54) is 22.1 Å². The van der Waals surface area contributed by atoms with Crippen molar-refractivity contribution in [2.24, 2.45) is 0 Å². The number of benzene rings is 5. The molecule has 0 unspecified atom stereocenters. The van der Waals surface area contributed by atoms with Gasteiger partial charge in [0.1, 0.15) is 28.0 Å². The Labute approximate surface area is 294 Å². The van der Waals surface area contributed by atoms with Gasteiger partial charge in [-0.3, -0.25) is 0 Å². The van der Waals surface area contributed by atoms with E-state index >= 15 is 0 Å². The molecular formula is C46H44N2O2. The number of furan rings is 2. The van der Waals surface area contributed by atoms with E-state index in [-0.39, 0.29) is 16.2 Å². The second kappa shape index (κ2) is 11.1. The first-order chi connectivity index (χ1) is 23.7. The molecule has 0 saturated carbocycles. The molecule has 0 spiro atoms. The Morgan fingerprint density at radius 2 is 1.08 bits per heavy atom. The van der Waals surface area contributed by atoms with Gasteiger partial charge in [0.2, 0.25) is 0 Å². The molecule has 4 nitrogen and oxygen atoms in total. The summed E-state index contributed by atoms with van der Waals surface area (Å²) < 4.78 is 13.4. The van der Waals surface area contributed by atoms with Gasteiger partial charge in [0.25, 0.3) is 0 Å². The average Bonchev–Trinajstić information content (AvgIpc) is 3.65. The van der Waals surface area contributed by atoms with Gasteiger partial charge in [-0.25, -0.2) is 9.97 Å². The topological polar surface area (TPSA) is 52.1 Å². The fourth-order valence-electron chi connectivity index (χ4n) is 6.95. The Bertz CT molecular complexity index is 2580. The summed E-state index contributed by atoms with van der Waals surface area (Å²) in [4.78, 5) is 10.3. The van der Waals surface area contributed by atoms with Crippen LogP contribution in [-0.2, 0) is 16.2 Å². The molecule has 0 bridgehead atoms. The minimum Gasteiger partial charge on any atom is -0.455 e. The van der Waals surface area contributed by atoms with Crippen LogP contribution in [0.25, 0.3) is 77.8 Å². The Morgan fingerprint density at radius 3 is 1.78 bits per heavy atom. The van der Waals surface area contributed by atoms with Gasteiger partial charge in [-0.1, -0.05) is 129 Å². The molecule has 0 fully saturated rings. The Kier molecular flexibility index (Phi) is 7.14. The summed E-state index contributed by atoms with van der Waals surface area (Å²) in [7, 11) is 0. The molecule has 0 aliphatic heterocycles. The van der Waals surface area contributed by atoms with Crippen LogP contribution in [0, 0.1) is 0 Å². The normalized spacial score (nSPS) is 12.9. The van der Waals surface area contributed by atoms with E-state index < -0.39 is 0 Å². The van der Waals surface area contributed by atoms with Crippen molar-refractivity contribution in [2.45, 2.75) is 78.6 Å². The van der Waals surface area contributed by atoms with Crippen molar-refractivity contribution in [3.05, 3.63) is 120 Å². The van der Waals surface area contributed by atoms with E-state index in [0.717, 1.165) is 61.0 Å². The Morgan fingerprint density at radius 1 is 0.460 bits per heavy atom. The zero-order valence-corrected chi connectivity index (χ0v) is 30.5. The van der Waals surface area contributed by atoms with Gasteiger partial charge < -0.3 is 8.83 Å². The highest BCUT2D eigenvalue weighted by atomic mass is 16.3. The average molecular weight is 657 g/mol. The summed E-state index contributed by atoms with van der Waals surface area (Å²) in [6.07, 6.45) is 0. The molecule has 0 aliphatic carbocycles. The predicted octanol–water partition coefficient (Wildman–Crippen LogP) is 13.2. The number of nitrogens with zero attached hydrogens (tertiary/aromatic N) is 2. The molecule has 3 heterocycles. The van der Waals surface area contributed by atoms with Crippen LogP contribution in [0.15, 0.2) is 112 Å².